The Morgan fingerprint density at radius 2 is 1.95 bits per heavy atom. The van der Waals surface area contributed by atoms with Gasteiger partial charge in [0.25, 0.3) is 0 Å². The highest BCUT2D eigenvalue weighted by Gasteiger charge is 2.10. The van der Waals surface area contributed by atoms with Crippen LogP contribution in [-0.2, 0) is 17.9 Å². The Morgan fingerprint density at radius 1 is 1.11 bits per heavy atom. The summed E-state index contributed by atoms with van der Waals surface area (Å²) >= 11 is 0. The molecule has 0 aliphatic carbocycles. The van der Waals surface area contributed by atoms with Crippen LogP contribution in [0.5, 0.6) is 0 Å². The number of benzene rings is 1. The second kappa shape index (κ2) is 5.74. The average Bonchev–Trinajstić information content (AvgIpc) is 2.88. The Bertz CT molecular complexity index is 544. The molecule has 1 N–H and O–H groups in total. The number of hydrogen-bond donors (Lipinski definition) is 1. The van der Waals surface area contributed by atoms with Gasteiger partial charge in [-0.3, -0.25) is 4.90 Å². The zero-order valence-corrected chi connectivity index (χ0v) is 11.1. The lowest BCUT2D eigenvalue weighted by molar-refractivity contribution is 0.0365. The van der Waals surface area contributed by atoms with Gasteiger partial charge in [-0.1, -0.05) is 6.07 Å². The van der Waals surface area contributed by atoms with Gasteiger partial charge in [0, 0.05) is 37.9 Å². The SMILES string of the molecule is OCc1ccc2c(ccn2CCN2CCOCC2)c1. The van der Waals surface area contributed by atoms with Gasteiger partial charge in [0.05, 0.1) is 19.8 Å². The number of aliphatic hydroxyl groups is 1. The summed E-state index contributed by atoms with van der Waals surface area (Å²) in [6, 6.07) is 8.27. The van der Waals surface area contributed by atoms with Crippen LogP contribution in [0.15, 0.2) is 30.5 Å². The quantitative estimate of drug-likeness (QED) is 0.904. The fourth-order valence-corrected chi connectivity index (χ4v) is 2.62. The van der Waals surface area contributed by atoms with Gasteiger partial charge in [-0.25, -0.2) is 0 Å². The predicted molar refractivity (Wildman–Crippen MR) is 75.1 cm³/mol. The first kappa shape index (κ1) is 12.7. The fraction of sp³-hybridized carbons (Fsp3) is 0.467. The predicted octanol–water partition coefficient (Wildman–Crippen LogP) is 1.47. The summed E-state index contributed by atoms with van der Waals surface area (Å²) in [7, 11) is 0. The maximum atomic E-state index is 9.15. The van der Waals surface area contributed by atoms with Crippen molar-refractivity contribution in [2.24, 2.45) is 0 Å². The van der Waals surface area contributed by atoms with Crippen molar-refractivity contribution in [2.75, 3.05) is 32.8 Å². The number of ether oxygens (including phenoxy) is 1. The van der Waals surface area contributed by atoms with Crippen molar-refractivity contribution in [2.45, 2.75) is 13.2 Å². The fourth-order valence-electron chi connectivity index (χ4n) is 2.62. The second-order valence-electron chi connectivity index (χ2n) is 5.01. The smallest absolute Gasteiger partial charge is 0.0682 e. The summed E-state index contributed by atoms with van der Waals surface area (Å²) in [5, 5.41) is 10.4. The van der Waals surface area contributed by atoms with Crippen LogP contribution >= 0.6 is 0 Å². The summed E-state index contributed by atoms with van der Waals surface area (Å²) < 4.78 is 7.64. The lowest BCUT2D eigenvalue weighted by atomic mass is 10.2. The van der Waals surface area contributed by atoms with Crippen molar-refractivity contribution in [1.82, 2.24) is 9.47 Å². The minimum Gasteiger partial charge on any atom is -0.392 e. The van der Waals surface area contributed by atoms with E-state index in [1.54, 1.807) is 0 Å². The van der Waals surface area contributed by atoms with Crippen LogP contribution in [0.1, 0.15) is 5.56 Å². The van der Waals surface area contributed by atoms with Crippen LogP contribution in [0.3, 0.4) is 0 Å². The Morgan fingerprint density at radius 3 is 2.74 bits per heavy atom. The van der Waals surface area contributed by atoms with Crippen LogP contribution in [0.2, 0.25) is 0 Å². The zero-order valence-electron chi connectivity index (χ0n) is 11.1. The monoisotopic (exact) mass is 260 g/mol. The van der Waals surface area contributed by atoms with Crippen LogP contribution in [0.25, 0.3) is 10.9 Å². The Kier molecular flexibility index (Phi) is 3.82. The van der Waals surface area contributed by atoms with E-state index in [4.69, 9.17) is 9.84 Å². The molecule has 19 heavy (non-hydrogen) atoms. The van der Waals surface area contributed by atoms with Gasteiger partial charge >= 0.3 is 0 Å². The first-order chi connectivity index (χ1) is 9.36. The summed E-state index contributed by atoms with van der Waals surface area (Å²) in [6.45, 7) is 5.95. The molecule has 1 saturated heterocycles. The molecule has 4 nitrogen and oxygen atoms in total. The van der Waals surface area contributed by atoms with Gasteiger partial charge in [-0.05, 0) is 29.1 Å². The molecule has 4 heteroatoms. The molecule has 1 aliphatic heterocycles. The molecule has 0 saturated carbocycles. The van der Waals surface area contributed by atoms with E-state index >= 15 is 0 Å². The molecule has 0 amide bonds. The minimum atomic E-state index is 0.106. The van der Waals surface area contributed by atoms with E-state index in [0.29, 0.717) is 0 Å². The number of morpholine rings is 1. The molecule has 2 heterocycles. The average molecular weight is 260 g/mol. The lowest BCUT2D eigenvalue weighted by Gasteiger charge is -2.26. The number of rotatable bonds is 4. The van der Waals surface area contributed by atoms with E-state index in [9.17, 15) is 0 Å². The molecule has 1 aromatic carbocycles. The van der Waals surface area contributed by atoms with E-state index in [1.165, 1.54) is 10.9 Å². The molecule has 0 unspecified atom stereocenters. The van der Waals surface area contributed by atoms with E-state index in [2.05, 4.69) is 33.9 Å². The molecule has 0 radical (unpaired) electrons. The summed E-state index contributed by atoms with van der Waals surface area (Å²) in [5.41, 5.74) is 2.21. The van der Waals surface area contributed by atoms with Crippen molar-refractivity contribution in [3.63, 3.8) is 0 Å². The van der Waals surface area contributed by atoms with E-state index in [0.717, 1.165) is 45.0 Å². The summed E-state index contributed by atoms with van der Waals surface area (Å²) in [6.07, 6.45) is 2.13. The maximum Gasteiger partial charge on any atom is 0.0682 e. The van der Waals surface area contributed by atoms with Gasteiger partial charge in [0.15, 0.2) is 0 Å². The van der Waals surface area contributed by atoms with Crippen molar-refractivity contribution >= 4 is 10.9 Å². The number of fused-ring (bicyclic) bond motifs is 1. The number of aliphatic hydroxyl groups excluding tert-OH is 1. The molecule has 0 atom stereocenters. The molecule has 1 fully saturated rings. The highest BCUT2D eigenvalue weighted by atomic mass is 16.5. The van der Waals surface area contributed by atoms with Crippen LogP contribution in [0, 0.1) is 0 Å². The van der Waals surface area contributed by atoms with Gasteiger partial charge < -0.3 is 14.4 Å². The van der Waals surface area contributed by atoms with Gasteiger partial charge in [-0.2, -0.15) is 0 Å². The van der Waals surface area contributed by atoms with Gasteiger partial charge in [-0.15, -0.1) is 0 Å². The number of hydrogen-bond acceptors (Lipinski definition) is 3. The second-order valence-corrected chi connectivity index (χ2v) is 5.01. The maximum absolute atomic E-state index is 9.15. The largest absolute Gasteiger partial charge is 0.392 e. The van der Waals surface area contributed by atoms with Crippen molar-refractivity contribution in [1.29, 1.82) is 0 Å². The Labute approximate surface area is 113 Å². The Hall–Kier alpha value is -1.36. The first-order valence-corrected chi connectivity index (χ1v) is 6.85. The summed E-state index contributed by atoms with van der Waals surface area (Å²) in [4.78, 5) is 2.44. The lowest BCUT2D eigenvalue weighted by Crippen LogP contribution is -2.38. The van der Waals surface area contributed by atoms with Crippen molar-refractivity contribution in [3.8, 4) is 0 Å². The molecule has 102 valence electrons. The highest BCUT2D eigenvalue weighted by molar-refractivity contribution is 5.80. The normalized spacial score (nSPS) is 17.1. The topological polar surface area (TPSA) is 37.6 Å². The van der Waals surface area contributed by atoms with E-state index < -0.39 is 0 Å². The third kappa shape index (κ3) is 2.81. The number of nitrogens with zero attached hydrogens (tertiary/aromatic N) is 2. The van der Waals surface area contributed by atoms with E-state index in [1.807, 2.05) is 6.07 Å². The van der Waals surface area contributed by atoms with Crippen molar-refractivity contribution in [3.05, 3.63) is 36.0 Å². The molecule has 1 aromatic heterocycles. The third-order valence-corrected chi connectivity index (χ3v) is 3.78. The number of aromatic nitrogens is 1. The van der Waals surface area contributed by atoms with E-state index in [-0.39, 0.29) is 6.61 Å². The molecule has 1 aliphatic rings. The standard InChI is InChI=1S/C15H20N2O2/c18-12-13-1-2-15-14(11-13)3-4-17(15)6-5-16-7-9-19-10-8-16/h1-4,11,18H,5-10,12H2. The molecule has 2 aromatic rings. The summed E-state index contributed by atoms with van der Waals surface area (Å²) in [5.74, 6) is 0. The van der Waals surface area contributed by atoms with Crippen LogP contribution < -0.4 is 0 Å². The zero-order chi connectivity index (χ0) is 13.1. The van der Waals surface area contributed by atoms with Gasteiger partial charge in [0.1, 0.15) is 0 Å². The van der Waals surface area contributed by atoms with Gasteiger partial charge in [0.2, 0.25) is 0 Å². The molecular formula is C15H20N2O2. The third-order valence-electron chi connectivity index (χ3n) is 3.78. The molecule has 3 rings (SSSR count). The van der Waals surface area contributed by atoms with Crippen molar-refractivity contribution < 1.29 is 9.84 Å². The molecular weight excluding hydrogens is 240 g/mol. The minimum absolute atomic E-state index is 0.106. The highest BCUT2D eigenvalue weighted by Crippen LogP contribution is 2.18. The first-order valence-electron chi connectivity index (χ1n) is 6.85. The van der Waals surface area contributed by atoms with Crippen LogP contribution in [0.4, 0.5) is 0 Å². The van der Waals surface area contributed by atoms with Crippen LogP contribution in [-0.4, -0.2) is 47.4 Å². The molecule has 0 bridgehead atoms. The molecule has 0 spiro atoms. The Balaban J connectivity index is 1.70.